The summed E-state index contributed by atoms with van der Waals surface area (Å²) in [6.07, 6.45) is 1.68. The summed E-state index contributed by atoms with van der Waals surface area (Å²) in [5.74, 6) is 1.53. The Hall–Kier alpha value is -2.25. The standard InChI is InChI=1S/C16H14BNO2/c1-11-9-13(18-2)3-6-16(11)20-14-4-5-15-12(10-14)7-8-17(15)19/h3-6,9-10,19H,7-8H2,1H3. The molecule has 0 aromatic heterocycles. The minimum Gasteiger partial charge on any atom is -0.457 e. The van der Waals surface area contributed by atoms with Crippen LogP contribution in [-0.2, 0) is 6.42 Å². The summed E-state index contributed by atoms with van der Waals surface area (Å²) in [5, 5.41) is 9.79. The fourth-order valence-electron chi connectivity index (χ4n) is 2.58. The number of nitrogens with zero attached hydrogens (tertiary/aromatic N) is 1. The van der Waals surface area contributed by atoms with E-state index in [0.717, 1.165) is 40.8 Å². The van der Waals surface area contributed by atoms with Crippen LogP contribution in [0.3, 0.4) is 0 Å². The van der Waals surface area contributed by atoms with Crippen molar-refractivity contribution >= 4 is 18.1 Å². The predicted octanol–water partition coefficient (Wildman–Crippen LogP) is 3.09. The first-order valence-electron chi connectivity index (χ1n) is 6.64. The minimum atomic E-state index is -0.335. The number of hydrogen-bond acceptors (Lipinski definition) is 2. The van der Waals surface area contributed by atoms with Crippen molar-refractivity contribution in [2.45, 2.75) is 19.7 Å². The molecular weight excluding hydrogens is 249 g/mol. The Morgan fingerprint density at radius 3 is 2.85 bits per heavy atom. The zero-order valence-corrected chi connectivity index (χ0v) is 11.3. The van der Waals surface area contributed by atoms with Crippen LogP contribution in [0.5, 0.6) is 11.5 Å². The first-order valence-corrected chi connectivity index (χ1v) is 6.64. The largest absolute Gasteiger partial charge is 0.457 e. The molecule has 0 fully saturated rings. The lowest BCUT2D eigenvalue weighted by atomic mass is 9.63. The monoisotopic (exact) mass is 263 g/mol. The Morgan fingerprint density at radius 2 is 2.10 bits per heavy atom. The van der Waals surface area contributed by atoms with Crippen LogP contribution in [0.15, 0.2) is 36.4 Å². The van der Waals surface area contributed by atoms with E-state index in [4.69, 9.17) is 11.3 Å². The number of aryl methyl sites for hydroxylation is 2. The Balaban J connectivity index is 1.87. The van der Waals surface area contributed by atoms with Gasteiger partial charge in [-0.3, -0.25) is 0 Å². The number of fused-ring (bicyclic) bond motifs is 1. The summed E-state index contributed by atoms with van der Waals surface area (Å²) < 4.78 is 5.88. The molecule has 0 saturated carbocycles. The molecular formula is C16H14BNO2. The highest BCUT2D eigenvalue weighted by Gasteiger charge is 2.24. The van der Waals surface area contributed by atoms with E-state index in [9.17, 15) is 5.02 Å². The zero-order valence-electron chi connectivity index (χ0n) is 11.3. The third kappa shape index (κ3) is 2.28. The molecule has 0 spiro atoms. The van der Waals surface area contributed by atoms with Crippen molar-refractivity contribution in [1.82, 2.24) is 0 Å². The van der Waals surface area contributed by atoms with Gasteiger partial charge in [-0.15, -0.1) is 0 Å². The maximum Gasteiger partial charge on any atom is 0.324 e. The van der Waals surface area contributed by atoms with Gasteiger partial charge in [-0.2, -0.15) is 0 Å². The molecule has 0 amide bonds. The molecule has 1 aliphatic heterocycles. The van der Waals surface area contributed by atoms with Gasteiger partial charge in [0.05, 0.1) is 6.57 Å². The normalized spacial score (nSPS) is 12.9. The minimum absolute atomic E-state index is 0.335. The van der Waals surface area contributed by atoms with Crippen LogP contribution in [0.25, 0.3) is 4.85 Å². The quantitative estimate of drug-likeness (QED) is 0.667. The molecule has 4 heteroatoms. The average Bonchev–Trinajstić information content (AvgIpc) is 2.82. The molecule has 0 bridgehead atoms. The first-order chi connectivity index (χ1) is 9.67. The fourth-order valence-corrected chi connectivity index (χ4v) is 2.58. The molecule has 1 N–H and O–H groups in total. The molecule has 1 aliphatic rings. The molecule has 0 saturated heterocycles. The summed E-state index contributed by atoms with van der Waals surface area (Å²) in [7, 11) is 0. The molecule has 0 radical (unpaired) electrons. The van der Waals surface area contributed by atoms with Gasteiger partial charge in [0.1, 0.15) is 11.5 Å². The van der Waals surface area contributed by atoms with E-state index in [2.05, 4.69) is 4.85 Å². The summed E-state index contributed by atoms with van der Waals surface area (Å²) >= 11 is 0. The van der Waals surface area contributed by atoms with Crippen LogP contribution in [0.1, 0.15) is 11.1 Å². The van der Waals surface area contributed by atoms with Crippen molar-refractivity contribution in [2.75, 3.05) is 0 Å². The average molecular weight is 263 g/mol. The molecule has 0 aliphatic carbocycles. The predicted molar refractivity (Wildman–Crippen MR) is 80.1 cm³/mol. The van der Waals surface area contributed by atoms with Crippen LogP contribution >= 0.6 is 0 Å². The van der Waals surface area contributed by atoms with Crippen LogP contribution in [-0.4, -0.2) is 11.9 Å². The van der Waals surface area contributed by atoms with Crippen molar-refractivity contribution in [3.05, 3.63) is 58.9 Å². The second-order valence-corrected chi connectivity index (χ2v) is 5.08. The lowest BCUT2D eigenvalue weighted by Gasteiger charge is -2.10. The molecule has 3 rings (SSSR count). The van der Waals surface area contributed by atoms with Gasteiger partial charge in [0, 0.05) is 0 Å². The van der Waals surface area contributed by atoms with Gasteiger partial charge in [-0.25, -0.2) is 4.85 Å². The van der Waals surface area contributed by atoms with E-state index in [1.807, 2.05) is 37.3 Å². The van der Waals surface area contributed by atoms with Crippen LogP contribution in [0.4, 0.5) is 5.69 Å². The maximum absolute atomic E-state index is 9.79. The van der Waals surface area contributed by atoms with Crippen molar-refractivity contribution < 1.29 is 9.76 Å². The highest BCUT2D eigenvalue weighted by atomic mass is 16.5. The van der Waals surface area contributed by atoms with E-state index < -0.39 is 0 Å². The molecule has 0 atom stereocenters. The number of ether oxygens (including phenoxy) is 1. The van der Waals surface area contributed by atoms with Crippen molar-refractivity contribution in [1.29, 1.82) is 0 Å². The Kier molecular flexibility index (Phi) is 3.21. The van der Waals surface area contributed by atoms with Gasteiger partial charge < -0.3 is 9.76 Å². The molecule has 3 nitrogen and oxygen atoms in total. The molecule has 20 heavy (non-hydrogen) atoms. The van der Waals surface area contributed by atoms with Gasteiger partial charge in [0.25, 0.3) is 0 Å². The van der Waals surface area contributed by atoms with Gasteiger partial charge in [-0.1, -0.05) is 12.1 Å². The first kappa shape index (κ1) is 12.8. The third-order valence-electron chi connectivity index (χ3n) is 3.68. The molecule has 0 unspecified atom stereocenters. The van der Waals surface area contributed by atoms with Crippen LogP contribution in [0.2, 0.25) is 6.32 Å². The van der Waals surface area contributed by atoms with Crippen molar-refractivity contribution in [3.63, 3.8) is 0 Å². The lowest BCUT2D eigenvalue weighted by Crippen LogP contribution is -2.25. The SMILES string of the molecule is [C-]#[N+]c1ccc(Oc2ccc3c(c2)CCB3O)c(C)c1. The van der Waals surface area contributed by atoms with Crippen molar-refractivity contribution in [3.8, 4) is 11.5 Å². The topological polar surface area (TPSA) is 33.8 Å². The van der Waals surface area contributed by atoms with Gasteiger partial charge in [0.2, 0.25) is 0 Å². The van der Waals surface area contributed by atoms with E-state index in [-0.39, 0.29) is 6.92 Å². The lowest BCUT2D eigenvalue weighted by molar-refractivity contribution is 0.478. The second-order valence-electron chi connectivity index (χ2n) is 5.08. The van der Waals surface area contributed by atoms with Gasteiger partial charge in [-0.05, 0) is 60.5 Å². The zero-order chi connectivity index (χ0) is 14.1. The summed E-state index contributed by atoms with van der Waals surface area (Å²) in [5.41, 5.74) is 3.73. The molecule has 2 aromatic carbocycles. The number of hydrogen-bond donors (Lipinski definition) is 1. The van der Waals surface area contributed by atoms with Gasteiger partial charge >= 0.3 is 6.92 Å². The van der Waals surface area contributed by atoms with Crippen LogP contribution < -0.4 is 10.2 Å². The summed E-state index contributed by atoms with van der Waals surface area (Å²) in [6.45, 7) is 8.59. The van der Waals surface area contributed by atoms with Crippen LogP contribution in [0, 0.1) is 13.5 Å². The highest BCUT2D eigenvalue weighted by molar-refractivity contribution is 6.68. The Labute approximate surface area is 118 Å². The smallest absolute Gasteiger partial charge is 0.324 e. The number of benzene rings is 2. The molecule has 2 aromatic rings. The Morgan fingerprint density at radius 1 is 1.25 bits per heavy atom. The summed E-state index contributed by atoms with van der Waals surface area (Å²) in [4.78, 5) is 3.40. The number of rotatable bonds is 2. The Bertz CT molecular complexity index is 706. The van der Waals surface area contributed by atoms with E-state index in [1.165, 1.54) is 0 Å². The fraction of sp³-hybridized carbons (Fsp3) is 0.188. The highest BCUT2D eigenvalue weighted by Crippen LogP contribution is 2.29. The van der Waals surface area contributed by atoms with Gasteiger partial charge in [0.15, 0.2) is 5.69 Å². The van der Waals surface area contributed by atoms with Crippen molar-refractivity contribution in [2.24, 2.45) is 0 Å². The molecule has 1 heterocycles. The van der Waals surface area contributed by atoms with E-state index >= 15 is 0 Å². The second kappa shape index (κ2) is 5.03. The summed E-state index contributed by atoms with van der Waals surface area (Å²) in [6, 6.07) is 11.2. The maximum atomic E-state index is 9.79. The van der Waals surface area contributed by atoms with E-state index in [0.29, 0.717) is 5.69 Å². The molecule has 98 valence electrons. The van der Waals surface area contributed by atoms with E-state index in [1.54, 1.807) is 6.07 Å². The third-order valence-corrected chi connectivity index (χ3v) is 3.68.